The fraction of sp³-hybridized carbons (Fsp3) is 0.375. The molecular weight excluding hydrogens is 460 g/mol. The van der Waals surface area contributed by atoms with E-state index < -0.39 is 0 Å². The first-order valence-electron chi connectivity index (χ1n) is 11.1. The molecule has 5 rings (SSSR count). The predicted molar refractivity (Wildman–Crippen MR) is 128 cm³/mol. The van der Waals surface area contributed by atoms with Gasteiger partial charge in [-0.2, -0.15) is 0 Å². The van der Waals surface area contributed by atoms with Gasteiger partial charge in [0.15, 0.2) is 22.5 Å². The fourth-order valence-corrected chi connectivity index (χ4v) is 5.40. The summed E-state index contributed by atoms with van der Waals surface area (Å²) in [4.78, 5) is 15.2. The highest BCUT2D eigenvalue weighted by molar-refractivity contribution is 7.99. The smallest absolute Gasteiger partial charge is 0.233 e. The Bertz CT molecular complexity index is 1150. The molecule has 9 heteroatoms. The molecule has 2 aliphatic heterocycles. The summed E-state index contributed by atoms with van der Waals surface area (Å²) in [7, 11) is 0. The van der Waals surface area contributed by atoms with Crippen LogP contribution in [0.1, 0.15) is 31.4 Å². The van der Waals surface area contributed by atoms with E-state index in [1.807, 2.05) is 58.9 Å². The van der Waals surface area contributed by atoms with Gasteiger partial charge in [0.05, 0.1) is 11.8 Å². The average Bonchev–Trinajstić information content (AvgIpc) is 3.50. The summed E-state index contributed by atoms with van der Waals surface area (Å²) in [5.74, 6) is 2.74. The van der Waals surface area contributed by atoms with E-state index in [4.69, 9.17) is 21.1 Å². The van der Waals surface area contributed by atoms with Gasteiger partial charge in [0, 0.05) is 23.7 Å². The Kier molecular flexibility index (Phi) is 6.46. The Hall–Kier alpha value is -2.71. The van der Waals surface area contributed by atoms with Crippen LogP contribution in [0.25, 0.3) is 11.4 Å². The summed E-state index contributed by atoms with van der Waals surface area (Å²) in [6.45, 7) is 4.64. The largest absolute Gasteiger partial charge is 0.486 e. The number of carbonyl (C=O) groups is 1. The minimum absolute atomic E-state index is 0.0580. The summed E-state index contributed by atoms with van der Waals surface area (Å²) < 4.78 is 13.4. The molecule has 1 unspecified atom stereocenters. The second kappa shape index (κ2) is 9.65. The lowest BCUT2D eigenvalue weighted by Crippen LogP contribution is -2.32. The second-order valence-electron chi connectivity index (χ2n) is 7.99. The van der Waals surface area contributed by atoms with Crippen molar-refractivity contribution >= 4 is 29.3 Å². The Balaban J connectivity index is 1.28. The van der Waals surface area contributed by atoms with Crippen LogP contribution in [0.3, 0.4) is 0 Å². The van der Waals surface area contributed by atoms with Crippen LogP contribution in [-0.4, -0.2) is 51.1 Å². The van der Waals surface area contributed by atoms with Crippen LogP contribution in [-0.2, 0) is 11.3 Å². The van der Waals surface area contributed by atoms with Gasteiger partial charge in [0.1, 0.15) is 13.2 Å². The van der Waals surface area contributed by atoms with Gasteiger partial charge in [-0.25, -0.2) is 0 Å². The van der Waals surface area contributed by atoms with Gasteiger partial charge >= 0.3 is 0 Å². The monoisotopic (exact) mass is 484 g/mol. The van der Waals surface area contributed by atoms with Gasteiger partial charge in [-0.05, 0) is 61.7 Å². The SMILES string of the molecule is CCn1c(SCC(=O)N2CCCC2c2ccc3c(c2)OCCO3)nnc1-c1ccc(Cl)cc1. The number of halogens is 1. The van der Waals surface area contributed by atoms with E-state index in [9.17, 15) is 4.79 Å². The number of carbonyl (C=O) groups excluding carboxylic acids is 1. The van der Waals surface area contributed by atoms with Crippen molar-refractivity contribution in [3.05, 3.63) is 53.1 Å². The van der Waals surface area contributed by atoms with Gasteiger partial charge in [0.25, 0.3) is 0 Å². The lowest BCUT2D eigenvalue weighted by atomic mass is 10.0. The van der Waals surface area contributed by atoms with Crippen molar-refractivity contribution in [2.24, 2.45) is 0 Å². The molecule has 7 nitrogen and oxygen atoms in total. The molecule has 3 heterocycles. The van der Waals surface area contributed by atoms with E-state index in [2.05, 4.69) is 10.2 Å². The molecule has 2 aromatic carbocycles. The van der Waals surface area contributed by atoms with Crippen LogP contribution in [0.15, 0.2) is 47.6 Å². The summed E-state index contributed by atoms with van der Waals surface area (Å²) >= 11 is 7.45. The quantitative estimate of drug-likeness (QED) is 0.466. The van der Waals surface area contributed by atoms with Crippen LogP contribution in [0, 0.1) is 0 Å². The highest BCUT2D eigenvalue weighted by Crippen LogP contribution is 2.38. The topological polar surface area (TPSA) is 69.5 Å². The van der Waals surface area contributed by atoms with Crippen molar-refractivity contribution in [1.29, 1.82) is 0 Å². The molecule has 33 heavy (non-hydrogen) atoms. The molecule has 172 valence electrons. The van der Waals surface area contributed by atoms with E-state index in [-0.39, 0.29) is 11.9 Å². The number of hydrogen-bond acceptors (Lipinski definition) is 6. The zero-order valence-electron chi connectivity index (χ0n) is 18.4. The number of aromatic nitrogens is 3. The first kappa shape index (κ1) is 22.1. The molecule has 1 aromatic heterocycles. The third kappa shape index (κ3) is 4.54. The Labute approximate surface area is 202 Å². The summed E-state index contributed by atoms with van der Waals surface area (Å²) in [6, 6.07) is 13.6. The molecule has 0 N–H and O–H groups in total. The molecule has 0 bridgehead atoms. The van der Waals surface area contributed by atoms with E-state index in [0.29, 0.717) is 30.5 Å². The van der Waals surface area contributed by atoms with Crippen LogP contribution in [0.2, 0.25) is 5.02 Å². The fourth-order valence-electron chi connectivity index (χ4n) is 4.38. The summed E-state index contributed by atoms with van der Waals surface area (Å²) in [5, 5.41) is 10.1. The van der Waals surface area contributed by atoms with Gasteiger partial charge in [-0.3, -0.25) is 4.79 Å². The zero-order chi connectivity index (χ0) is 22.8. The van der Waals surface area contributed by atoms with Crippen molar-refractivity contribution in [2.45, 2.75) is 37.5 Å². The number of rotatable bonds is 6. The lowest BCUT2D eigenvalue weighted by Gasteiger charge is -2.26. The molecular formula is C24H25ClN4O3S. The minimum atomic E-state index is 0.0580. The number of amides is 1. The maximum Gasteiger partial charge on any atom is 0.233 e. The number of hydrogen-bond donors (Lipinski definition) is 0. The normalized spacial score (nSPS) is 17.4. The number of thioether (sulfide) groups is 1. The van der Waals surface area contributed by atoms with Gasteiger partial charge < -0.3 is 18.9 Å². The summed E-state index contributed by atoms with van der Waals surface area (Å²) in [6.07, 6.45) is 1.93. The lowest BCUT2D eigenvalue weighted by molar-refractivity contribution is -0.129. The molecule has 0 saturated carbocycles. The van der Waals surface area contributed by atoms with E-state index >= 15 is 0 Å². The standard InChI is InChI=1S/C24H25ClN4O3S/c1-2-28-23(16-5-8-18(25)9-6-16)26-27-24(28)33-15-22(30)29-11-3-4-19(29)17-7-10-20-21(14-17)32-13-12-31-20/h5-10,14,19H,2-4,11-13,15H2,1H3. The molecule has 3 aromatic rings. The highest BCUT2D eigenvalue weighted by Gasteiger charge is 2.31. The van der Waals surface area contributed by atoms with E-state index in [0.717, 1.165) is 53.0 Å². The van der Waals surface area contributed by atoms with Crippen molar-refractivity contribution in [3.8, 4) is 22.9 Å². The molecule has 1 atom stereocenters. The first-order valence-corrected chi connectivity index (χ1v) is 12.5. The maximum atomic E-state index is 13.2. The zero-order valence-corrected chi connectivity index (χ0v) is 19.9. The number of benzene rings is 2. The Morgan fingerprint density at radius 1 is 1.12 bits per heavy atom. The van der Waals surface area contributed by atoms with Crippen molar-refractivity contribution in [2.75, 3.05) is 25.5 Å². The molecule has 0 radical (unpaired) electrons. The second-order valence-corrected chi connectivity index (χ2v) is 9.37. The number of nitrogens with zero attached hydrogens (tertiary/aromatic N) is 4. The van der Waals surface area contributed by atoms with E-state index in [1.54, 1.807) is 0 Å². The van der Waals surface area contributed by atoms with Gasteiger partial charge in [0.2, 0.25) is 5.91 Å². The molecule has 0 aliphatic carbocycles. The van der Waals surface area contributed by atoms with Gasteiger partial charge in [-0.15, -0.1) is 10.2 Å². The van der Waals surface area contributed by atoms with E-state index in [1.165, 1.54) is 11.8 Å². The van der Waals surface area contributed by atoms with Gasteiger partial charge in [-0.1, -0.05) is 29.4 Å². The molecule has 0 spiro atoms. The van der Waals surface area contributed by atoms with Crippen LogP contribution < -0.4 is 9.47 Å². The van der Waals surface area contributed by atoms with Crippen LogP contribution in [0.4, 0.5) is 0 Å². The van der Waals surface area contributed by atoms with Crippen molar-refractivity contribution in [3.63, 3.8) is 0 Å². The Morgan fingerprint density at radius 3 is 2.70 bits per heavy atom. The van der Waals surface area contributed by atoms with Crippen molar-refractivity contribution < 1.29 is 14.3 Å². The molecule has 1 amide bonds. The molecule has 1 saturated heterocycles. The Morgan fingerprint density at radius 2 is 1.91 bits per heavy atom. The number of likely N-dealkylation sites (tertiary alicyclic amines) is 1. The van der Waals surface area contributed by atoms with Crippen LogP contribution in [0.5, 0.6) is 11.5 Å². The molecule has 2 aliphatic rings. The maximum absolute atomic E-state index is 13.2. The average molecular weight is 485 g/mol. The minimum Gasteiger partial charge on any atom is -0.486 e. The summed E-state index contributed by atoms with van der Waals surface area (Å²) in [5.41, 5.74) is 2.04. The highest BCUT2D eigenvalue weighted by atomic mass is 35.5. The number of fused-ring (bicyclic) bond motifs is 1. The third-order valence-electron chi connectivity index (χ3n) is 5.98. The first-order chi connectivity index (χ1) is 16.1. The predicted octanol–water partition coefficient (Wildman–Crippen LogP) is 4.85. The van der Waals surface area contributed by atoms with Crippen molar-refractivity contribution in [1.82, 2.24) is 19.7 Å². The number of ether oxygens (including phenoxy) is 2. The molecule has 1 fully saturated rings. The third-order valence-corrected chi connectivity index (χ3v) is 7.19. The van der Waals surface area contributed by atoms with Crippen LogP contribution >= 0.6 is 23.4 Å².